The lowest BCUT2D eigenvalue weighted by molar-refractivity contribution is -0.126. The van der Waals surface area contributed by atoms with Crippen LogP contribution < -0.4 is 15.7 Å². The highest BCUT2D eigenvalue weighted by Gasteiger charge is 2.22. The first kappa shape index (κ1) is 21.4. The van der Waals surface area contributed by atoms with Crippen LogP contribution in [-0.4, -0.2) is 32.7 Å². The maximum absolute atomic E-state index is 11.2. The van der Waals surface area contributed by atoms with Gasteiger partial charge in [-0.3, -0.25) is 9.63 Å². The van der Waals surface area contributed by atoms with Crippen molar-refractivity contribution in [2.24, 2.45) is 0 Å². The van der Waals surface area contributed by atoms with Gasteiger partial charge in [-0.05, 0) is 55.5 Å². The molecular weight excluding hydrogens is 386 g/mol. The van der Waals surface area contributed by atoms with E-state index < -0.39 is 0 Å². The Morgan fingerprint density at radius 2 is 2.10 bits per heavy atom. The Morgan fingerprint density at radius 3 is 2.97 bits per heavy atom. The predicted molar refractivity (Wildman–Crippen MR) is 119 cm³/mol. The van der Waals surface area contributed by atoms with E-state index in [4.69, 9.17) is 11.6 Å². The molecule has 1 aliphatic carbocycles. The van der Waals surface area contributed by atoms with Crippen LogP contribution >= 0.6 is 11.6 Å². The average molecular weight is 414 g/mol. The number of hydrogen-bond acceptors (Lipinski definition) is 4. The van der Waals surface area contributed by atoms with Crippen LogP contribution in [0.5, 0.6) is 0 Å². The second-order valence-electron chi connectivity index (χ2n) is 7.02. The highest BCUT2D eigenvalue weighted by Crippen LogP contribution is 2.36. The number of carbonyl (C=O) groups excluding carboxylic acids is 1. The Kier molecular flexibility index (Phi) is 8.11. The molecule has 1 aromatic rings. The van der Waals surface area contributed by atoms with Gasteiger partial charge >= 0.3 is 0 Å². The number of allylic oxidation sites excluding steroid dienone is 5. The number of nitrogens with zero attached hydrogens (tertiary/aromatic N) is 1. The Balaban J connectivity index is 1.54. The Bertz CT molecular complexity index is 842. The second-order valence-corrected chi connectivity index (χ2v) is 7.46. The molecule has 0 aromatic heterocycles. The third kappa shape index (κ3) is 6.07. The number of rotatable bonds is 9. The third-order valence-corrected chi connectivity index (χ3v) is 5.24. The van der Waals surface area contributed by atoms with E-state index in [2.05, 4.69) is 63.0 Å². The van der Waals surface area contributed by atoms with Gasteiger partial charge in [0.15, 0.2) is 0 Å². The summed E-state index contributed by atoms with van der Waals surface area (Å²) < 4.78 is 0. The number of anilines is 1. The Hall–Kier alpha value is -2.34. The summed E-state index contributed by atoms with van der Waals surface area (Å²) in [5, 5.41) is 4.15. The molecule has 1 heterocycles. The van der Waals surface area contributed by atoms with Crippen LogP contribution in [0.4, 0.5) is 5.69 Å². The van der Waals surface area contributed by atoms with Crippen LogP contribution in [0, 0.1) is 0 Å². The standard InChI is InChI=1S/C23H28ClN3O2/c1-29-26-23(28)9-6-15-25-14-4-5-16-27-21-8-3-2-7-18(21)10-11-19-12-13-20(24)17-22(19)27/h2-3,6-9,11,13,17,25H,4-5,10,12,14-16H2,1H3,(H,26,28)/b9-6+. The van der Waals surface area contributed by atoms with Gasteiger partial charge in [0, 0.05) is 35.6 Å². The van der Waals surface area contributed by atoms with Gasteiger partial charge in [-0.25, -0.2) is 5.48 Å². The molecule has 1 aliphatic heterocycles. The molecule has 2 N–H and O–H groups in total. The lowest BCUT2D eigenvalue weighted by Crippen LogP contribution is -2.26. The summed E-state index contributed by atoms with van der Waals surface area (Å²) in [5.41, 5.74) is 7.45. The number of para-hydroxylation sites is 1. The largest absolute Gasteiger partial charge is 0.341 e. The minimum atomic E-state index is -0.258. The van der Waals surface area contributed by atoms with E-state index in [1.807, 2.05) is 0 Å². The summed E-state index contributed by atoms with van der Waals surface area (Å²) in [4.78, 5) is 18.2. The molecule has 6 heteroatoms. The van der Waals surface area contributed by atoms with Gasteiger partial charge in [0.1, 0.15) is 0 Å². The van der Waals surface area contributed by atoms with E-state index >= 15 is 0 Å². The fourth-order valence-electron chi connectivity index (χ4n) is 3.59. The lowest BCUT2D eigenvalue weighted by Gasteiger charge is -2.30. The summed E-state index contributed by atoms with van der Waals surface area (Å²) in [6.45, 7) is 2.49. The van der Waals surface area contributed by atoms with E-state index in [0.717, 1.165) is 43.8 Å². The number of hydrogen-bond donors (Lipinski definition) is 2. The maximum Gasteiger partial charge on any atom is 0.267 e. The molecule has 0 fully saturated rings. The molecule has 5 nitrogen and oxygen atoms in total. The van der Waals surface area contributed by atoms with E-state index in [0.29, 0.717) is 6.54 Å². The number of amides is 1. The lowest BCUT2D eigenvalue weighted by atomic mass is 10.0. The third-order valence-electron chi connectivity index (χ3n) is 4.98. The molecule has 154 valence electrons. The maximum atomic E-state index is 11.2. The van der Waals surface area contributed by atoms with Gasteiger partial charge in [-0.15, -0.1) is 0 Å². The Labute approximate surface area is 177 Å². The summed E-state index contributed by atoms with van der Waals surface area (Å²) in [6, 6.07) is 8.62. The molecular formula is C23H28ClN3O2. The molecule has 0 spiro atoms. The van der Waals surface area contributed by atoms with Crippen molar-refractivity contribution in [1.82, 2.24) is 10.8 Å². The smallest absolute Gasteiger partial charge is 0.267 e. The van der Waals surface area contributed by atoms with Crippen LogP contribution in [-0.2, 0) is 16.1 Å². The minimum absolute atomic E-state index is 0.258. The average Bonchev–Trinajstić information content (AvgIpc) is 2.87. The topological polar surface area (TPSA) is 53.6 Å². The van der Waals surface area contributed by atoms with Gasteiger partial charge in [-0.1, -0.05) is 48.0 Å². The van der Waals surface area contributed by atoms with Crippen molar-refractivity contribution in [3.05, 3.63) is 76.5 Å². The summed E-state index contributed by atoms with van der Waals surface area (Å²) in [5.74, 6) is -0.258. The number of halogens is 1. The zero-order valence-corrected chi connectivity index (χ0v) is 17.5. The van der Waals surface area contributed by atoms with Crippen LogP contribution in [0.15, 0.2) is 70.9 Å². The molecule has 1 aromatic carbocycles. The van der Waals surface area contributed by atoms with Crippen molar-refractivity contribution < 1.29 is 9.63 Å². The Morgan fingerprint density at radius 1 is 1.24 bits per heavy atom. The molecule has 0 radical (unpaired) electrons. The normalized spacial score (nSPS) is 15.8. The first-order valence-corrected chi connectivity index (χ1v) is 10.4. The summed E-state index contributed by atoms with van der Waals surface area (Å²) >= 11 is 6.33. The number of unbranched alkanes of at least 4 members (excludes halogenated alkanes) is 1. The van der Waals surface area contributed by atoms with Crippen molar-refractivity contribution >= 4 is 23.2 Å². The quantitative estimate of drug-likeness (QED) is 0.365. The van der Waals surface area contributed by atoms with Crippen molar-refractivity contribution in [2.45, 2.75) is 25.7 Å². The monoisotopic (exact) mass is 413 g/mol. The zero-order valence-electron chi connectivity index (χ0n) is 16.8. The van der Waals surface area contributed by atoms with E-state index in [1.165, 1.54) is 35.7 Å². The fraction of sp³-hybridized carbons (Fsp3) is 0.348. The van der Waals surface area contributed by atoms with Crippen molar-refractivity contribution in [3.63, 3.8) is 0 Å². The predicted octanol–water partition coefficient (Wildman–Crippen LogP) is 3.99. The molecule has 1 amide bonds. The van der Waals surface area contributed by atoms with Crippen LogP contribution in [0.1, 0.15) is 24.8 Å². The SMILES string of the molecule is CONC(=O)/C=C/CNCCCCN1C2=CC(Cl)=CCC2=CCc2ccccc21. The van der Waals surface area contributed by atoms with Crippen LogP contribution in [0.2, 0.25) is 0 Å². The van der Waals surface area contributed by atoms with Gasteiger partial charge in [0.25, 0.3) is 5.91 Å². The van der Waals surface area contributed by atoms with Gasteiger partial charge in [0.05, 0.1) is 7.11 Å². The molecule has 0 saturated heterocycles. The van der Waals surface area contributed by atoms with Gasteiger partial charge in [-0.2, -0.15) is 0 Å². The summed E-state index contributed by atoms with van der Waals surface area (Å²) in [7, 11) is 1.42. The highest BCUT2D eigenvalue weighted by atomic mass is 35.5. The number of nitrogens with one attached hydrogen (secondary N) is 2. The molecule has 2 aliphatic rings. The fourth-order valence-corrected chi connectivity index (χ4v) is 3.77. The minimum Gasteiger partial charge on any atom is -0.341 e. The van der Waals surface area contributed by atoms with Gasteiger partial charge in [0.2, 0.25) is 0 Å². The molecule has 0 bridgehead atoms. The summed E-state index contributed by atoms with van der Waals surface area (Å²) in [6.07, 6.45) is 13.7. The van der Waals surface area contributed by atoms with Crippen molar-refractivity contribution in [2.75, 3.05) is 31.6 Å². The number of hydroxylamine groups is 1. The number of carbonyl (C=O) groups is 1. The molecule has 3 rings (SSSR count). The molecule has 0 unspecified atom stereocenters. The zero-order chi connectivity index (χ0) is 20.5. The van der Waals surface area contributed by atoms with E-state index in [1.54, 1.807) is 6.08 Å². The first-order valence-electron chi connectivity index (χ1n) is 10.0. The second kappa shape index (κ2) is 11.0. The van der Waals surface area contributed by atoms with Crippen molar-refractivity contribution in [3.8, 4) is 0 Å². The molecule has 29 heavy (non-hydrogen) atoms. The highest BCUT2D eigenvalue weighted by molar-refractivity contribution is 6.31. The molecule has 0 saturated carbocycles. The van der Waals surface area contributed by atoms with Crippen molar-refractivity contribution in [1.29, 1.82) is 0 Å². The van der Waals surface area contributed by atoms with E-state index in [9.17, 15) is 4.79 Å². The van der Waals surface area contributed by atoms with Crippen LogP contribution in [0.3, 0.4) is 0 Å². The van der Waals surface area contributed by atoms with E-state index in [-0.39, 0.29) is 5.91 Å². The number of benzene rings is 1. The number of fused-ring (bicyclic) bond motifs is 2. The van der Waals surface area contributed by atoms with Crippen LogP contribution in [0.25, 0.3) is 0 Å². The molecule has 0 atom stereocenters. The first-order chi connectivity index (χ1) is 14.2. The van der Waals surface area contributed by atoms with Gasteiger partial charge < -0.3 is 10.2 Å².